The van der Waals surface area contributed by atoms with Gasteiger partial charge < -0.3 is 9.84 Å². The second-order valence-electron chi connectivity index (χ2n) is 4.91. The number of carbonyl (C=O) groups is 1. The van der Waals surface area contributed by atoms with Gasteiger partial charge in [0.25, 0.3) is 11.7 Å². The average molecular weight is 315 g/mol. The number of aryl methyl sites for hydroxylation is 1. The van der Waals surface area contributed by atoms with E-state index in [0.717, 1.165) is 5.69 Å². The van der Waals surface area contributed by atoms with Crippen LogP contribution in [0.2, 0.25) is 0 Å². The molecule has 0 aliphatic carbocycles. The highest BCUT2D eigenvalue weighted by atomic mass is 19.1. The molecule has 23 heavy (non-hydrogen) atoms. The van der Waals surface area contributed by atoms with Crippen LogP contribution in [0.1, 0.15) is 27.8 Å². The Bertz CT molecular complexity index is 827. The maximum atomic E-state index is 13.6. The molecule has 7 nitrogen and oxygen atoms in total. The van der Waals surface area contributed by atoms with E-state index in [0.29, 0.717) is 12.1 Å². The quantitative estimate of drug-likeness (QED) is 0.770. The zero-order chi connectivity index (χ0) is 16.2. The molecule has 3 aromatic rings. The summed E-state index contributed by atoms with van der Waals surface area (Å²) in [5.74, 6) is -0.720. The van der Waals surface area contributed by atoms with Crippen LogP contribution in [0, 0.1) is 5.82 Å². The zero-order valence-electron chi connectivity index (χ0n) is 12.4. The minimum Gasteiger partial charge on any atom is -0.344 e. The molecule has 0 atom stereocenters. The normalized spacial score (nSPS) is 10.7. The summed E-state index contributed by atoms with van der Waals surface area (Å²) >= 11 is 0. The van der Waals surface area contributed by atoms with Crippen molar-refractivity contribution >= 4 is 5.91 Å². The standard InChI is InChI=1S/C15H14FN5O2/c1-21-11(6-7-18-21)9-17-15(22)14-19-13(23-20-14)8-10-4-2-3-5-12(10)16/h2-7H,8-9H2,1H3,(H,17,22). The number of aromatic nitrogens is 4. The van der Waals surface area contributed by atoms with E-state index in [9.17, 15) is 9.18 Å². The minimum absolute atomic E-state index is 0.0847. The molecule has 0 spiro atoms. The van der Waals surface area contributed by atoms with Crippen LogP contribution < -0.4 is 5.32 Å². The van der Waals surface area contributed by atoms with Crippen molar-refractivity contribution in [3.05, 3.63) is 65.3 Å². The topological polar surface area (TPSA) is 85.8 Å². The Hall–Kier alpha value is -3.03. The van der Waals surface area contributed by atoms with Crippen molar-refractivity contribution in [2.75, 3.05) is 0 Å². The summed E-state index contributed by atoms with van der Waals surface area (Å²) in [6, 6.07) is 8.09. The minimum atomic E-state index is -0.463. The molecule has 2 heterocycles. The van der Waals surface area contributed by atoms with Crippen molar-refractivity contribution in [1.29, 1.82) is 0 Å². The third-order valence-corrected chi connectivity index (χ3v) is 3.32. The summed E-state index contributed by atoms with van der Waals surface area (Å²) in [5, 5.41) is 10.3. The molecule has 118 valence electrons. The van der Waals surface area contributed by atoms with Crippen LogP contribution in [0.4, 0.5) is 4.39 Å². The van der Waals surface area contributed by atoms with Gasteiger partial charge in [-0.1, -0.05) is 23.4 Å². The largest absolute Gasteiger partial charge is 0.344 e. The van der Waals surface area contributed by atoms with Crippen LogP contribution in [0.15, 0.2) is 41.1 Å². The van der Waals surface area contributed by atoms with E-state index in [1.807, 2.05) is 0 Å². The SMILES string of the molecule is Cn1nccc1CNC(=O)c1noc(Cc2ccccc2F)n1. The molecule has 0 unspecified atom stereocenters. The molecule has 0 bridgehead atoms. The van der Waals surface area contributed by atoms with Crippen molar-refractivity contribution < 1.29 is 13.7 Å². The predicted molar refractivity (Wildman–Crippen MR) is 77.9 cm³/mol. The third kappa shape index (κ3) is 3.42. The lowest BCUT2D eigenvalue weighted by molar-refractivity contribution is 0.0936. The molecular weight excluding hydrogens is 301 g/mol. The molecule has 1 amide bonds. The highest BCUT2D eigenvalue weighted by molar-refractivity contribution is 5.90. The lowest BCUT2D eigenvalue weighted by Crippen LogP contribution is -2.25. The summed E-state index contributed by atoms with van der Waals surface area (Å²) in [7, 11) is 1.78. The van der Waals surface area contributed by atoms with Crippen LogP contribution >= 0.6 is 0 Å². The van der Waals surface area contributed by atoms with E-state index in [1.54, 1.807) is 42.2 Å². The van der Waals surface area contributed by atoms with Gasteiger partial charge in [-0.05, 0) is 17.7 Å². The maximum absolute atomic E-state index is 13.6. The average Bonchev–Trinajstić information content (AvgIpc) is 3.16. The monoisotopic (exact) mass is 315 g/mol. The number of rotatable bonds is 5. The summed E-state index contributed by atoms with van der Waals surface area (Å²) in [6.45, 7) is 0.298. The van der Waals surface area contributed by atoms with E-state index in [1.165, 1.54) is 6.07 Å². The summed E-state index contributed by atoms with van der Waals surface area (Å²) < 4.78 is 20.2. The molecule has 1 aromatic carbocycles. The van der Waals surface area contributed by atoms with Crippen LogP contribution in [-0.4, -0.2) is 25.8 Å². The van der Waals surface area contributed by atoms with E-state index < -0.39 is 5.91 Å². The van der Waals surface area contributed by atoms with Crippen molar-refractivity contribution in [3.63, 3.8) is 0 Å². The van der Waals surface area contributed by atoms with Crippen LogP contribution in [0.3, 0.4) is 0 Å². The van der Waals surface area contributed by atoms with Crippen molar-refractivity contribution in [1.82, 2.24) is 25.2 Å². The molecule has 0 fully saturated rings. The Labute approximate surface area is 131 Å². The highest BCUT2D eigenvalue weighted by Gasteiger charge is 2.16. The predicted octanol–water partition coefficient (Wildman–Crippen LogP) is 1.46. The van der Waals surface area contributed by atoms with Gasteiger partial charge >= 0.3 is 0 Å². The second-order valence-corrected chi connectivity index (χ2v) is 4.91. The third-order valence-electron chi connectivity index (χ3n) is 3.32. The van der Waals surface area contributed by atoms with Gasteiger partial charge in [0.15, 0.2) is 0 Å². The molecule has 0 radical (unpaired) electrons. The number of benzene rings is 1. The fourth-order valence-corrected chi connectivity index (χ4v) is 2.05. The number of hydrogen-bond acceptors (Lipinski definition) is 5. The van der Waals surface area contributed by atoms with Gasteiger partial charge in [0.1, 0.15) is 5.82 Å². The first kappa shape index (κ1) is 14.9. The number of carbonyl (C=O) groups excluding carboxylic acids is 1. The Morgan fingerprint density at radius 1 is 1.35 bits per heavy atom. The Morgan fingerprint density at radius 3 is 2.91 bits per heavy atom. The Morgan fingerprint density at radius 2 is 2.17 bits per heavy atom. The molecule has 0 aliphatic heterocycles. The molecule has 1 N–H and O–H groups in total. The fraction of sp³-hybridized carbons (Fsp3) is 0.200. The van der Waals surface area contributed by atoms with Crippen LogP contribution in [0.25, 0.3) is 0 Å². The lowest BCUT2D eigenvalue weighted by Gasteiger charge is -2.02. The van der Waals surface area contributed by atoms with Crippen molar-refractivity contribution in [2.24, 2.45) is 7.05 Å². The van der Waals surface area contributed by atoms with Gasteiger partial charge in [-0.3, -0.25) is 9.48 Å². The number of amides is 1. The first-order valence-corrected chi connectivity index (χ1v) is 6.94. The number of nitrogens with one attached hydrogen (secondary N) is 1. The zero-order valence-corrected chi connectivity index (χ0v) is 12.4. The fourth-order valence-electron chi connectivity index (χ4n) is 2.05. The molecule has 0 saturated heterocycles. The molecule has 2 aromatic heterocycles. The second kappa shape index (κ2) is 6.39. The van der Waals surface area contributed by atoms with E-state index in [2.05, 4.69) is 20.6 Å². The van der Waals surface area contributed by atoms with Gasteiger partial charge in [0, 0.05) is 13.2 Å². The molecule has 0 aliphatic rings. The van der Waals surface area contributed by atoms with E-state index in [-0.39, 0.29) is 24.0 Å². The van der Waals surface area contributed by atoms with Gasteiger partial charge in [-0.2, -0.15) is 10.1 Å². The molecule has 0 saturated carbocycles. The molecular formula is C15H14FN5O2. The van der Waals surface area contributed by atoms with Gasteiger partial charge in [-0.25, -0.2) is 4.39 Å². The smallest absolute Gasteiger partial charge is 0.293 e. The number of nitrogens with zero attached hydrogens (tertiary/aromatic N) is 4. The Balaban J connectivity index is 1.63. The summed E-state index contributed by atoms with van der Waals surface area (Å²) in [4.78, 5) is 16.0. The first-order valence-electron chi connectivity index (χ1n) is 6.94. The number of hydrogen-bond donors (Lipinski definition) is 1. The van der Waals surface area contributed by atoms with E-state index in [4.69, 9.17) is 4.52 Å². The molecule has 3 rings (SSSR count). The highest BCUT2D eigenvalue weighted by Crippen LogP contribution is 2.11. The van der Waals surface area contributed by atoms with Crippen LogP contribution in [0.5, 0.6) is 0 Å². The lowest BCUT2D eigenvalue weighted by atomic mass is 10.1. The van der Waals surface area contributed by atoms with Crippen LogP contribution in [-0.2, 0) is 20.0 Å². The van der Waals surface area contributed by atoms with Gasteiger partial charge in [0.2, 0.25) is 5.89 Å². The van der Waals surface area contributed by atoms with Gasteiger partial charge in [0.05, 0.1) is 18.7 Å². The maximum Gasteiger partial charge on any atom is 0.293 e. The first-order chi connectivity index (χ1) is 11.1. The molecule has 8 heteroatoms. The van der Waals surface area contributed by atoms with Gasteiger partial charge in [-0.15, -0.1) is 0 Å². The van der Waals surface area contributed by atoms with Crippen molar-refractivity contribution in [3.8, 4) is 0 Å². The van der Waals surface area contributed by atoms with Crippen molar-refractivity contribution in [2.45, 2.75) is 13.0 Å². The summed E-state index contributed by atoms with van der Waals surface area (Å²) in [5.41, 5.74) is 1.27. The summed E-state index contributed by atoms with van der Waals surface area (Å²) in [6.07, 6.45) is 1.77. The van der Waals surface area contributed by atoms with E-state index >= 15 is 0 Å². The number of halogens is 1. The Kier molecular flexibility index (Phi) is 4.13.